The number of fused-ring (bicyclic) bond motifs is 1. The van der Waals surface area contributed by atoms with E-state index in [0.29, 0.717) is 6.42 Å². The van der Waals surface area contributed by atoms with Crippen LogP contribution < -0.4 is 5.32 Å². The SMILES string of the molecule is CC(Cc1cccs1)NC(=O)Cc1cccc2ccccc12. The van der Waals surface area contributed by atoms with Gasteiger partial charge in [0, 0.05) is 17.3 Å². The first-order valence-electron chi connectivity index (χ1n) is 7.51. The maximum absolute atomic E-state index is 12.3. The third-order valence-corrected chi connectivity index (χ3v) is 4.62. The number of nitrogens with one attached hydrogen (secondary N) is 1. The first-order valence-corrected chi connectivity index (χ1v) is 8.39. The molecule has 1 N–H and O–H groups in total. The van der Waals surface area contributed by atoms with Gasteiger partial charge in [-0.1, -0.05) is 48.5 Å². The standard InChI is InChI=1S/C19H19NOS/c1-14(12-17-9-5-11-22-17)20-19(21)13-16-8-4-7-15-6-2-3-10-18(15)16/h2-11,14H,12-13H2,1H3,(H,20,21). The maximum atomic E-state index is 12.3. The van der Waals surface area contributed by atoms with Crippen molar-refractivity contribution in [3.05, 3.63) is 70.4 Å². The fourth-order valence-corrected chi connectivity index (χ4v) is 3.56. The lowest BCUT2D eigenvalue weighted by atomic mass is 10.0. The summed E-state index contributed by atoms with van der Waals surface area (Å²) in [5.74, 6) is 0.0837. The van der Waals surface area contributed by atoms with Crippen LogP contribution in [0, 0.1) is 0 Å². The van der Waals surface area contributed by atoms with E-state index < -0.39 is 0 Å². The molecule has 3 heteroatoms. The Kier molecular flexibility index (Phi) is 4.54. The van der Waals surface area contributed by atoms with Crippen molar-refractivity contribution in [2.75, 3.05) is 0 Å². The lowest BCUT2D eigenvalue weighted by Crippen LogP contribution is -2.35. The van der Waals surface area contributed by atoms with Gasteiger partial charge >= 0.3 is 0 Å². The average molecular weight is 309 g/mol. The molecular weight excluding hydrogens is 290 g/mol. The zero-order valence-electron chi connectivity index (χ0n) is 12.6. The van der Waals surface area contributed by atoms with Crippen LogP contribution >= 0.6 is 11.3 Å². The van der Waals surface area contributed by atoms with Crippen LogP contribution in [-0.4, -0.2) is 11.9 Å². The van der Waals surface area contributed by atoms with Gasteiger partial charge in [0.25, 0.3) is 0 Å². The predicted octanol–water partition coefficient (Wildman–Crippen LogP) is 4.19. The highest BCUT2D eigenvalue weighted by molar-refractivity contribution is 7.09. The highest BCUT2D eigenvalue weighted by atomic mass is 32.1. The van der Waals surface area contributed by atoms with Gasteiger partial charge in [-0.05, 0) is 34.7 Å². The lowest BCUT2D eigenvalue weighted by Gasteiger charge is -2.13. The quantitative estimate of drug-likeness (QED) is 0.752. The van der Waals surface area contributed by atoms with Crippen molar-refractivity contribution in [2.24, 2.45) is 0 Å². The number of thiophene rings is 1. The van der Waals surface area contributed by atoms with E-state index >= 15 is 0 Å². The minimum absolute atomic E-state index is 0.0837. The number of carbonyl (C=O) groups excluding carboxylic acids is 1. The van der Waals surface area contributed by atoms with Gasteiger partial charge in [0.15, 0.2) is 0 Å². The summed E-state index contributed by atoms with van der Waals surface area (Å²) >= 11 is 1.73. The molecule has 2 nitrogen and oxygen atoms in total. The normalized spacial score (nSPS) is 12.2. The molecular formula is C19H19NOS. The van der Waals surface area contributed by atoms with E-state index in [-0.39, 0.29) is 11.9 Å². The monoisotopic (exact) mass is 309 g/mol. The van der Waals surface area contributed by atoms with Crippen molar-refractivity contribution in [2.45, 2.75) is 25.8 Å². The van der Waals surface area contributed by atoms with E-state index in [1.165, 1.54) is 10.3 Å². The van der Waals surface area contributed by atoms with Crippen LogP contribution in [0.5, 0.6) is 0 Å². The van der Waals surface area contributed by atoms with Crippen molar-refractivity contribution in [1.29, 1.82) is 0 Å². The van der Waals surface area contributed by atoms with Gasteiger partial charge in [0.1, 0.15) is 0 Å². The second-order valence-electron chi connectivity index (χ2n) is 5.57. The van der Waals surface area contributed by atoms with Gasteiger partial charge in [-0.15, -0.1) is 11.3 Å². The molecule has 0 radical (unpaired) electrons. The first-order chi connectivity index (χ1) is 10.7. The van der Waals surface area contributed by atoms with Gasteiger partial charge in [-0.2, -0.15) is 0 Å². The molecule has 0 saturated heterocycles. The van der Waals surface area contributed by atoms with Gasteiger partial charge in [0.05, 0.1) is 6.42 Å². The molecule has 0 fully saturated rings. The summed E-state index contributed by atoms with van der Waals surface area (Å²) in [6, 6.07) is 18.6. The molecule has 1 unspecified atom stereocenters. The third-order valence-electron chi connectivity index (χ3n) is 3.73. The van der Waals surface area contributed by atoms with E-state index in [1.54, 1.807) is 11.3 Å². The lowest BCUT2D eigenvalue weighted by molar-refractivity contribution is -0.121. The van der Waals surface area contributed by atoms with Crippen LogP contribution in [0.15, 0.2) is 60.0 Å². The van der Waals surface area contributed by atoms with Crippen molar-refractivity contribution >= 4 is 28.0 Å². The van der Waals surface area contributed by atoms with E-state index in [2.05, 4.69) is 41.9 Å². The Morgan fingerprint density at radius 2 is 1.91 bits per heavy atom. The van der Waals surface area contributed by atoms with Crippen LogP contribution in [0.25, 0.3) is 10.8 Å². The Morgan fingerprint density at radius 1 is 1.09 bits per heavy atom. The molecule has 3 aromatic rings. The molecule has 0 aliphatic heterocycles. The smallest absolute Gasteiger partial charge is 0.224 e. The van der Waals surface area contributed by atoms with E-state index in [0.717, 1.165) is 17.4 Å². The van der Waals surface area contributed by atoms with Crippen LogP contribution in [0.4, 0.5) is 0 Å². The molecule has 1 amide bonds. The maximum Gasteiger partial charge on any atom is 0.224 e. The summed E-state index contributed by atoms with van der Waals surface area (Å²) in [4.78, 5) is 13.6. The van der Waals surface area contributed by atoms with Gasteiger partial charge < -0.3 is 5.32 Å². The number of benzene rings is 2. The molecule has 0 saturated carbocycles. The topological polar surface area (TPSA) is 29.1 Å². The minimum atomic E-state index is 0.0837. The van der Waals surface area contributed by atoms with Crippen molar-refractivity contribution in [1.82, 2.24) is 5.32 Å². The molecule has 0 aliphatic carbocycles. The molecule has 1 atom stereocenters. The Bertz CT molecular complexity index is 759. The molecule has 1 aromatic heterocycles. The molecule has 22 heavy (non-hydrogen) atoms. The number of carbonyl (C=O) groups is 1. The number of hydrogen-bond donors (Lipinski definition) is 1. The highest BCUT2D eigenvalue weighted by Gasteiger charge is 2.11. The fourth-order valence-electron chi connectivity index (χ4n) is 2.73. The minimum Gasteiger partial charge on any atom is -0.353 e. The fraction of sp³-hybridized carbons (Fsp3) is 0.211. The largest absolute Gasteiger partial charge is 0.353 e. The number of amides is 1. The molecule has 0 spiro atoms. The Morgan fingerprint density at radius 3 is 2.73 bits per heavy atom. The van der Waals surface area contributed by atoms with Crippen molar-refractivity contribution in [3.63, 3.8) is 0 Å². The predicted molar refractivity (Wildman–Crippen MR) is 93.3 cm³/mol. The summed E-state index contributed by atoms with van der Waals surface area (Å²) < 4.78 is 0. The molecule has 0 bridgehead atoms. The van der Waals surface area contributed by atoms with Gasteiger partial charge in [-0.25, -0.2) is 0 Å². The van der Waals surface area contributed by atoms with Crippen LogP contribution in [0.2, 0.25) is 0 Å². The van der Waals surface area contributed by atoms with Crippen molar-refractivity contribution in [3.8, 4) is 0 Å². The second kappa shape index (κ2) is 6.75. The summed E-state index contributed by atoms with van der Waals surface area (Å²) in [6.07, 6.45) is 1.31. The summed E-state index contributed by atoms with van der Waals surface area (Å²) in [6.45, 7) is 2.06. The third kappa shape index (κ3) is 3.55. The molecule has 0 aliphatic rings. The van der Waals surface area contributed by atoms with E-state index in [9.17, 15) is 4.79 Å². The number of hydrogen-bond acceptors (Lipinski definition) is 2. The zero-order valence-corrected chi connectivity index (χ0v) is 13.4. The molecule has 1 heterocycles. The van der Waals surface area contributed by atoms with Crippen molar-refractivity contribution < 1.29 is 4.79 Å². The second-order valence-corrected chi connectivity index (χ2v) is 6.60. The Balaban J connectivity index is 1.65. The van der Waals surface area contributed by atoms with E-state index in [1.807, 2.05) is 30.3 Å². The van der Waals surface area contributed by atoms with E-state index in [4.69, 9.17) is 0 Å². The summed E-state index contributed by atoms with van der Waals surface area (Å²) in [5, 5.41) is 7.51. The zero-order chi connectivity index (χ0) is 15.4. The Hall–Kier alpha value is -2.13. The molecule has 2 aromatic carbocycles. The van der Waals surface area contributed by atoms with Crippen LogP contribution in [0.3, 0.4) is 0 Å². The summed E-state index contributed by atoms with van der Waals surface area (Å²) in [5.41, 5.74) is 1.08. The summed E-state index contributed by atoms with van der Waals surface area (Å²) in [7, 11) is 0. The number of rotatable bonds is 5. The Labute approximate surface area is 134 Å². The van der Waals surface area contributed by atoms with Gasteiger partial charge in [-0.3, -0.25) is 4.79 Å². The van der Waals surface area contributed by atoms with Crippen LogP contribution in [-0.2, 0) is 17.6 Å². The average Bonchev–Trinajstić information content (AvgIpc) is 3.00. The van der Waals surface area contributed by atoms with Crippen LogP contribution in [0.1, 0.15) is 17.4 Å². The molecule has 112 valence electrons. The van der Waals surface area contributed by atoms with Gasteiger partial charge in [0.2, 0.25) is 5.91 Å². The first kappa shape index (κ1) is 14.8. The highest BCUT2D eigenvalue weighted by Crippen LogP contribution is 2.19. The molecule has 3 rings (SSSR count).